The lowest BCUT2D eigenvalue weighted by Crippen LogP contribution is -2.31. The summed E-state index contributed by atoms with van der Waals surface area (Å²) in [7, 11) is 1.68. The van der Waals surface area contributed by atoms with E-state index in [1.54, 1.807) is 7.11 Å². The van der Waals surface area contributed by atoms with E-state index in [-0.39, 0.29) is 11.9 Å². The first kappa shape index (κ1) is 21.9. The van der Waals surface area contributed by atoms with Crippen LogP contribution in [0.25, 0.3) is 11.3 Å². The van der Waals surface area contributed by atoms with Gasteiger partial charge in [-0.05, 0) is 29.7 Å². The molecule has 0 bridgehead atoms. The molecule has 0 fully saturated rings. The van der Waals surface area contributed by atoms with E-state index >= 15 is 0 Å². The summed E-state index contributed by atoms with van der Waals surface area (Å²) in [5, 5.41) is 7.53. The molecule has 1 aromatic heterocycles. The Labute approximate surface area is 199 Å². The third kappa shape index (κ3) is 4.32. The largest absolute Gasteiger partial charge is 0.489 e. The highest BCUT2D eigenvalue weighted by molar-refractivity contribution is 6.00. The van der Waals surface area contributed by atoms with E-state index in [0.29, 0.717) is 25.5 Å². The number of rotatable bonds is 9. The molecule has 172 valence electrons. The van der Waals surface area contributed by atoms with Crippen LogP contribution in [0.3, 0.4) is 0 Å². The van der Waals surface area contributed by atoms with Crippen LogP contribution in [0.4, 0.5) is 0 Å². The number of carbonyl (C=O) groups excluding carboxylic acids is 1. The molecule has 34 heavy (non-hydrogen) atoms. The monoisotopic (exact) mass is 453 g/mol. The van der Waals surface area contributed by atoms with E-state index in [1.165, 1.54) is 0 Å². The highest BCUT2D eigenvalue weighted by Gasteiger charge is 2.41. The van der Waals surface area contributed by atoms with E-state index in [2.05, 4.69) is 10.2 Å². The van der Waals surface area contributed by atoms with Crippen molar-refractivity contribution in [3.8, 4) is 17.0 Å². The molecule has 6 nitrogen and oxygen atoms in total. The van der Waals surface area contributed by atoms with Crippen molar-refractivity contribution in [1.29, 1.82) is 0 Å². The lowest BCUT2D eigenvalue weighted by molar-refractivity contribution is 0.0723. The number of H-pyrrole nitrogens is 1. The number of nitrogens with one attached hydrogen (secondary N) is 1. The highest BCUT2D eigenvalue weighted by Crippen LogP contribution is 2.43. The molecule has 5 rings (SSSR count). The normalized spacial score (nSPS) is 14.9. The zero-order valence-electron chi connectivity index (χ0n) is 19.1. The van der Waals surface area contributed by atoms with Crippen molar-refractivity contribution in [1.82, 2.24) is 15.1 Å². The van der Waals surface area contributed by atoms with Gasteiger partial charge >= 0.3 is 0 Å². The quantitative estimate of drug-likeness (QED) is 0.352. The number of hydrogen-bond donors (Lipinski definition) is 1. The highest BCUT2D eigenvalue weighted by atomic mass is 16.5. The maximum Gasteiger partial charge on any atom is 0.273 e. The number of nitrogens with zero attached hydrogens (tertiary/aromatic N) is 2. The number of fused-ring (bicyclic) bond motifs is 1. The molecule has 1 amide bonds. The van der Waals surface area contributed by atoms with Crippen molar-refractivity contribution in [2.75, 3.05) is 20.3 Å². The third-order valence-corrected chi connectivity index (χ3v) is 6.10. The van der Waals surface area contributed by atoms with Gasteiger partial charge in [0.1, 0.15) is 18.1 Å². The summed E-state index contributed by atoms with van der Waals surface area (Å²) >= 11 is 0. The summed E-state index contributed by atoms with van der Waals surface area (Å²) in [5.41, 5.74) is 5.42. The van der Waals surface area contributed by atoms with Crippen molar-refractivity contribution >= 4 is 5.91 Å². The van der Waals surface area contributed by atoms with E-state index in [0.717, 1.165) is 40.1 Å². The van der Waals surface area contributed by atoms with E-state index < -0.39 is 0 Å². The van der Waals surface area contributed by atoms with Gasteiger partial charge in [0.2, 0.25) is 0 Å². The van der Waals surface area contributed by atoms with Crippen LogP contribution in [0.5, 0.6) is 5.75 Å². The zero-order chi connectivity index (χ0) is 23.3. The molecular weight excluding hydrogens is 426 g/mol. The van der Waals surface area contributed by atoms with E-state index in [4.69, 9.17) is 9.47 Å². The number of hydrogen-bond acceptors (Lipinski definition) is 4. The van der Waals surface area contributed by atoms with Gasteiger partial charge in [-0.2, -0.15) is 5.10 Å². The summed E-state index contributed by atoms with van der Waals surface area (Å²) in [6.07, 6.45) is 0.759. The summed E-state index contributed by atoms with van der Waals surface area (Å²) < 4.78 is 11.2. The fourth-order valence-electron chi connectivity index (χ4n) is 4.46. The van der Waals surface area contributed by atoms with Gasteiger partial charge in [-0.1, -0.05) is 72.8 Å². The van der Waals surface area contributed by atoms with Crippen molar-refractivity contribution in [2.24, 2.45) is 0 Å². The molecule has 0 saturated carbocycles. The molecule has 1 aliphatic rings. The summed E-state index contributed by atoms with van der Waals surface area (Å²) in [5.74, 6) is 0.758. The standard InChI is InChI=1S/C28H27N3O3/c1-33-18-8-17-31-27(22-13-15-23(16-14-22)34-19-20-9-4-2-5-10-20)24-25(21-11-6-3-7-12-21)29-30-26(24)28(31)32/h2-7,9-16,27H,8,17-19H2,1H3,(H,29,30). The second-order valence-electron chi connectivity index (χ2n) is 8.32. The molecule has 1 N–H and O–H groups in total. The molecule has 1 aliphatic heterocycles. The number of amides is 1. The lowest BCUT2D eigenvalue weighted by Gasteiger charge is -2.26. The molecular formula is C28H27N3O3. The maximum absolute atomic E-state index is 13.3. The molecule has 1 unspecified atom stereocenters. The van der Waals surface area contributed by atoms with Crippen LogP contribution in [-0.4, -0.2) is 41.3 Å². The molecule has 0 saturated heterocycles. The third-order valence-electron chi connectivity index (χ3n) is 6.10. The first-order valence-electron chi connectivity index (χ1n) is 11.5. The van der Waals surface area contributed by atoms with Gasteiger partial charge in [0.25, 0.3) is 5.91 Å². The average molecular weight is 454 g/mol. The zero-order valence-corrected chi connectivity index (χ0v) is 19.1. The van der Waals surface area contributed by atoms with Crippen LogP contribution >= 0.6 is 0 Å². The van der Waals surface area contributed by atoms with Crippen LogP contribution < -0.4 is 4.74 Å². The lowest BCUT2D eigenvalue weighted by atomic mass is 9.96. The minimum atomic E-state index is -0.225. The Morgan fingerprint density at radius 1 is 0.941 bits per heavy atom. The van der Waals surface area contributed by atoms with Crippen LogP contribution in [-0.2, 0) is 11.3 Å². The molecule has 0 radical (unpaired) electrons. The molecule has 4 aromatic rings. The van der Waals surface area contributed by atoms with Gasteiger partial charge in [-0.3, -0.25) is 9.89 Å². The number of aromatic nitrogens is 2. The number of carbonyl (C=O) groups is 1. The first-order valence-corrected chi connectivity index (χ1v) is 11.5. The summed E-state index contributed by atoms with van der Waals surface area (Å²) in [4.78, 5) is 15.2. The van der Waals surface area contributed by atoms with Crippen LogP contribution in [0.2, 0.25) is 0 Å². The summed E-state index contributed by atoms with van der Waals surface area (Å²) in [6, 6.07) is 27.9. The minimum absolute atomic E-state index is 0.0322. The molecule has 3 aromatic carbocycles. The topological polar surface area (TPSA) is 67.5 Å². The van der Waals surface area contributed by atoms with Gasteiger partial charge in [0.05, 0.1) is 11.7 Å². The first-order chi connectivity index (χ1) is 16.8. The van der Waals surface area contributed by atoms with E-state index in [1.807, 2.05) is 89.8 Å². The molecule has 2 heterocycles. The maximum atomic E-state index is 13.3. The molecule has 0 aliphatic carbocycles. The Hall–Kier alpha value is -3.90. The van der Waals surface area contributed by atoms with Gasteiger partial charge in [0, 0.05) is 31.4 Å². The van der Waals surface area contributed by atoms with Crippen molar-refractivity contribution in [2.45, 2.75) is 19.1 Å². The molecule has 6 heteroatoms. The number of methoxy groups -OCH3 is 1. The van der Waals surface area contributed by atoms with Crippen LogP contribution in [0.15, 0.2) is 84.9 Å². The predicted molar refractivity (Wildman–Crippen MR) is 131 cm³/mol. The van der Waals surface area contributed by atoms with Gasteiger partial charge < -0.3 is 14.4 Å². The molecule has 0 spiro atoms. The van der Waals surface area contributed by atoms with Gasteiger partial charge in [0.15, 0.2) is 0 Å². The van der Waals surface area contributed by atoms with Crippen molar-refractivity contribution in [3.63, 3.8) is 0 Å². The van der Waals surface area contributed by atoms with Gasteiger partial charge in [-0.25, -0.2) is 0 Å². The van der Waals surface area contributed by atoms with Crippen LogP contribution in [0.1, 0.15) is 39.6 Å². The Balaban J connectivity index is 1.45. The average Bonchev–Trinajstić information content (AvgIpc) is 3.43. The second-order valence-corrected chi connectivity index (χ2v) is 8.32. The predicted octanol–water partition coefficient (Wildman–Crippen LogP) is 5.24. The van der Waals surface area contributed by atoms with Crippen molar-refractivity contribution < 1.29 is 14.3 Å². The fraction of sp³-hybridized carbons (Fsp3) is 0.214. The molecule has 1 atom stereocenters. The van der Waals surface area contributed by atoms with E-state index in [9.17, 15) is 4.79 Å². The number of aromatic amines is 1. The fourth-order valence-corrected chi connectivity index (χ4v) is 4.46. The number of benzene rings is 3. The Kier molecular flexibility index (Phi) is 6.40. The SMILES string of the molecule is COCCCN1C(=O)c2[nH]nc(-c3ccccc3)c2C1c1ccc(OCc2ccccc2)cc1. The van der Waals surface area contributed by atoms with Crippen LogP contribution in [0, 0.1) is 0 Å². The summed E-state index contributed by atoms with van der Waals surface area (Å²) in [6.45, 7) is 1.70. The van der Waals surface area contributed by atoms with Gasteiger partial charge in [-0.15, -0.1) is 0 Å². The Morgan fingerprint density at radius 2 is 1.65 bits per heavy atom. The van der Waals surface area contributed by atoms with Crippen molar-refractivity contribution in [3.05, 3.63) is 107 Å². The smallest absolute Gasteiger partial charge is 0.273 e. The Bertz CT molecular complexity index is 1240. The minimum Gasteiger partial charge on any atom is -0.489 e. The Morgan fingerprint density at radius 3 is 2.35 bits per heavy atom. The number of ether oxygens (including phenoxy) is 2. The second kappa shape index (κ2) is 9.93.